The van der Waals surface area contributed by atoms with Crippen molar-refractivity contribution in [3.05, 3.63) is 180 Å². The van der Waals surface area contributed by atoms with Crippen molar-refractivity contribution in [2.45, 2.75) is 56.8 Å². The highest BCUT2D eigenvalue weighted by Gasteiger charge is 2.47. The summed E-state index contributed by atoms with van der Waals surface area (Å²) >= 11 is 0. The van der Waals surface area contributed by atoms with Gasteiger partial charge in [-0.1, -0.05) is 161 Å². The highest BCUT2D eigenvalue weighted by molar-refractivity contribution is 6.07. The number of aromatic nitrogens is 2. The molecule has 2 heterocycles. The van der Waals surface area contributed by atoms with Crippen LogP contribution in [0.5, 0.6) is 0 Å². The van der Waals surface area contributed by atoms with Crippen LogP contribution in [0.1, 0.15) is 68.2 Å². The first kappa shape index (κ1) is 33.5. The summed E-state index contributed by atoms with van der Waals surface area (Å²) in [6, 6.07) is 57.6. The first-order valence-corrected chi connectivity index (χ1v) is 20.9. The molecule has 3 aliphatic carbocycles. The molecule has 12 rings (SSSR count). The molecule has 1 spiro atoms. The Balaban J connectivity index is 0.965. The van der Waals surface area contributed by atoms with E-state index in [1.165, 1.54) is 82.2 Å². The predicted octanol–water partition coefficient (Wildman–Crippen LogP) is 14.6. The van der Waals surface area contributed by atoms with Crippen LogP contribution in [0, 0.1) is 0 Å². The summed E-state index contributed by atoms with van der Waals surface area (Å²) in [6.07, 6.45) is 6.31. The van der Waals surface area contributed by atoms with Gasteiger partial charge in [0.2, 0.25) is 0 Å². The van der Waals surface area contributed by atoms with Crippen molar-refractivity contribution in [1.29, 1.82) is 0 Å². The second-order valence-electron chi connectivity index (χ2n) is 17.2. The molecular weight excluding hydrogens is 705 g/mol. The number of benzene rings is 7. The SMILES string of the molecule is CC1(C)c2ccccc2-c2cc3c(cc21)-c1c(-c2ccc(-c4cccc(-c5nc(-c6ccccc6)nc6c5oc5ccccc56)c4)cc2)cccc1C31CCCCC1. The lowest BCUT2D eigenvalue weighted by Crippen LogP contribution is -2.28. The molecule has 58 heavy (non-hydrogen) atoms. The van der Waals surface area contributed by atoms with Gasteiger partial charge in [0.15, 0.2) is 11.4 Å². The summed E-state index contributed by atoms with van der Waals surface area (Å²) in [5, 5.41) is 0.993. The molecule has 0 N–H and O–H groups in total. The normalized spacial score (nSPS) is 15.7. The molecular formula is C55H42N2O. The molecule has 7 aromatic carbocycles. The fourth-order valence-electron chi connectivity index (χ4n) is 10.9. The second kappa shape index (κ2) is 12.5. The van der Waals surface area contributed by atoms with E-state index < -0.39 is 0 Å². The van der Waals surface area contributed by atoms with E-state index in [9.17, 15) is 0 Å². The minimum absolute atomic E-state index is 0.0420. The van der Waals surface area contributed by atoms with Crippen molar-refractivity contribution in [3.63, 3.8) is 0 Å². The number of nitrogens with zero attached hydrogens (tertiary/aromatic N) is 2. The zero-order chi connectivity index (χ0) is 38.6. The summed E-state index contributed by atoms with van der Waals surface area (Å²) in [4.78, 5) is 10.2. The summed E-state index contributed by atoms with van der Waals surface area (Å²) in [6.45, 7) is 4.81. The largest absolute Gasteiger partial charge is 0.452 e. The lowest BCUT2D eigenvalue weighted by Gasteiger charge is -2.36. The van der Waals surface area contributed by atoms with Crippen LogP contribution in [-0.4, -0.2) is 9.97 Å². The summed E-state index contributed by atoms with van der Waals surface area (Å²) < 4.78 is 6.47. The van der Waals surface area contributed by atoms with Gasteiger partial charge < -0.3 is 4.42 Å². The third kappa shape index (κ3) is 4.80. The quantitative estimate of drug-likeness (QED) is 0.180. The Kier molecular flexibility index (Phi) is 7.21. The molecule has 3 aliphatic rings. The van der Waals surface area contributed by atoms with Crippen LogP contribution in [0.4, 0.5) is 0 Å². The van der Waals surface area contributed by atoms with Crippen LogP contribution in [0.25, 0.3) is 89.2 Å². The number of furan rings is 1. The van der Waals surface area contributed by atoms with Crippen molar-refractivity contribution in [2.75, 3.05) is 0 Å². The number of para-hydroxylation sites is 1. The van der Waals surface area contributed by atoms with Crippen LogP contribution in [0.3, 0.4) is 0 Å². The molecule has 0 atom stereocenters. The van der Waals surface area contributed by atoms with Crippen LogP contribution in [0.2, 0.25) is 0 Å². The standard InChI is InChI=1S/C55H42N2O/c1-54(2)44-22-9-7-19-40(44)42-32-47-43(33-46(42)54)49-39(21-14-23-45(49)55(47)29-11-4-12-30-55)35-27-25-34(26-28-35)37-17-13-18-38(31-37)50-52-51(41-20-8-10-24-48(41)58-52)57-53(56-50)36-15-5-3-6-16-36/h3,5-10,13-28,31-33H,4,11-12,29-30H2,1-2H3. The van der Waals surface area contributed by atoms with Gasteiger partial charge in [0, 0.05) is 27.3 Å². The first-order chi connectivity index (χ1) is 28.5. The highest BCUT2D eigenvalue weighted by Crippen LogP contribution is 2.61. The van der Waals surface area contributed by atoms with E-state index in [-0.39, 0.29) is 10.8 Å². The van der Waals surface area contributed by atoms with E-state index >= 15 is 0 Å². The molecule has 0 bridgehead atoms. The van der Waals surface area contributed by atoms with Gasteiger partial charge in [-0.3, -0.25) is 0 Å². The van der Waals surface area contributed by atoms with E-state index in [2.05, 4.69) is 135 Å². The van der Waals surface area contributed by atoms with Gasteiger partial charge in [0.1, 0.15) is 16.8 Å². The summed E-state index contributed by atoms with van der Waals surface area (Å²) in [5.41, 5.74) is 21.7. The van der Waals surface area contributed by atoms with E-state index in [0.29, 0.717) is 11.4 Å². The van der Waals surface area contributed by atoms with Crippen molar-refractivity contribution in [2.24, 2.45) is 0 Å². The molecule has 1 fully saturated rings. The Hall–Kier alpha value is -6.58. The van der Waals surface area contributed by atoms with E-state index in [1.807, 2.05) is 36.4 Å². The van der Waals surface area contributed by atoms with Crippen LogP contribution in [0.15, 0.2) is 162 Å². The van der Waals surface area contributed by atoms with Crippen molar-refractivity contribution >= 4 is 22.1 Å². The smallest absolute Gasteiger partial charge is 0.180 e. The maximum absolute atomic E-state index is 6.47. The summed E-state index contributed by atoms with van der Waals surface area (Å²) in [7, 11) is 0. The van der Waals surface area contributed by atoms with E-state index in [0.717, 1.165) is 44.4 Å². The Bertz CT molecular complexity index is 3110. The van der Waals surface area contributed by atoms with Gasteiger partial charge in [-0.2, -0.15) is 0 Å². The van der Waals surface area contributed by atoms with Crippen molar-refractivity contribution < 1.29 is 4.42 Å². The topological polar surface area (TPSA) is 38.9 Å². The summed E-state index contributed by atoms with van der Waals surface area (Å²) in [5.74, 6) is 0.689. The van der Waals surface area contributed by atoms with Gasteiger partial charge in [-0.25, -0.2) is 9.97 Å². The fourth-order valence-corrected chi connectivity index (χ4v) is 10.9. The van der Waals surface area contributed by atoms with Crippen LogP contribution in [-0.2, 0) is 10.8 Å². The molecule has 278 valence electrons. The van der Waals surface area contributed by atoms with Gasteiger partial charge in [0.05, 0.1) is 0 Å². The van der Waals surface area contributed by atoms with E-state index in [4.69, 9.17) is 14.4 Å². The lowest BCUT2D eigenvalue weighted by molar-refractivity contribution is 0.353. The average Bonchev–Trinajstić information content (AvgIpc) is 3.87. The molecule has 1 saturated carbocycles. The fraction of sp³-hybridized carbons (Fsp3) is 0.164. The molecule has 9 aromatic rings. The zero-order valence-corrected chi connectivity index (χ0v) is 32.8. The molecule has 0 aliphatic heterocycles. The lowest BCUT2D eigenvalue weighted by atomic mass is 9.67. The highest BCUT2D eigenvalue weighted by atomic mass is 16.3. The number of hydrogen-bond donors (Lipinski definition) is 0. The van der Waals surface area contributed by atoms with Crippen molar-refractivity contribution in [3.8, 4) is 67.2 Å². The Morgan fingerprint density at radius 3 is 2.00 bits per heavy atom. The predicted molar refractivity (Wildman–Crippen MR) is 238 cm³/mol. The third-order valence-electron chi connectivity index (χ3n) is 13.7. The first-order valence-electron chi connectivity index (χ1n) is 20.9. The van der Waals surface area contributed by atoms with Gasteiger partial charge in [0.25, 0.3) is 0 Å². The molecule has 2 aromatic heterocycles. The minimum Gasteiger partial charge on any atom is -0.452 e. The van der Waals surface area contributed by atoms with Gasteiger partial charge >= 0.3 is 0 Å². The van der Waals surface area contributed by atoms with Crippen LogP contribution < -0.4 is 0 Å². The maximum Gasteiger partial charge on any atom is 0.180 e. The molecule has 0 radical (unpaired) electrons. The second-order valence-corrected chi connectivity index (χ2v) is 17.2. The number of hydrogen-bond acceptors (Lipinski definition) is 3. The molecule has 3 heteroatoms. The number of fused-ring (bicyclic) bond motifs is 11. The third-order valence-corrected chi connectivity index (χ3v) is 13.7. The maximum atomic E-state index is 6.47. The monoisotopic (exact) mass is 746 g/mol. The Morgan fingerprint density at radius 1 is 0.466 bits per heavy atom. The molecule has 0 saturated heterocycles. The van der Waals surface area contributed by atoms with Gasteiger partial charge in [-0.15, -0.1) is 0 Å². The molecule has 3 nitrogen and oxygen atoms in total. The number of rotatable bonds is 4. The Labute approximate surface area is 339 Å². The molecule has 0 unspecified atom stereocenters. The zero-order valence-electron chi connectivity index (χ0n) is 32.8. The van der Waals surface area contributed by atoms with Crippen LogP contribution >= 0.6 is 0 Å². The average molecular weight is 747 g/mol. The van der Waals surface area contributed by atoms with Gasteiger partial charge in [-0.05, 0) is 110 Å². The van der Waals surface area contributed by atoms with Crippen molar-refractivity contribution in [1.82, 2.24) is 9.97 Å². The Morgan fingerprint density at radius 2 is 1.14 bits per heavy atom. The minimum atomic E-state index is -0.0420. The van der Waals surface area contributed by atoms with E-state index in [1.54, 1.807) is 5.56 Å². The molecule has 0 amide bonds.